The molecule has 2 fully saturated rings. The van der Waals surface area contributed by atoms with E-state index in [2.05, 4.69) is 5.32 Å². The molecular weight excluding hydrogens is 326 g/mol. The zero-order chi connectivity index (χ0) is 16.4. The number of hydrogen-bond donors (Lipinski definition) is 2. The monoisotopic (exact) mass is 346 g/mol. The number of likely N-dealkylation sites (tertiary alicyclic amines) is 1. The summed E-state index contributed by atoms with van der Waals surface area (Å²) in [5.74, 6) is -2.83. The van der Waals surface area contributed by atoms with Crippen LogP contribution >= 0.6 is 11.3 Å². The van der Waals surface area contributed by atoms with Gasteiger partial charge in [0.1, 0.15) is 6.10 Å². The highest BCUT2D eigenvalue weighted by Gasteiger charge is 2.42. The predicted molar refractivity (Wildman–Crippen MR) is 81.7 cm³/mol. The molecule has 2 aliphatic heterocycles. The second-order valence-electron chi connectivity index (χ2n) is 6.13. The van der Waals surface area contributed by atoms with E-state index in [9.17, 15) is 18.7 Å². The highest BCUT2D eigenvalue weighted by molar-refractivity contribution is 7.10. The zero-order valence-corrected chi connectivity index (χ0v) is 13.4. The molecular formula is C15H20F2N2O3S. The van der Waals surface area contributed by atoms with Gasteiger partial charge in [0.25, 0.3) is 5.92 Å². The molecule has 1 aromatic heterocycles. The summed E-state index contributed by atoms with van der Waals surface area (Å²) < 4.78 is 31.9. The average Bonchev–Trinajstić information content (AvgIpc) is 3.17. The Morgan fingerprint density at radius 1 is 1.57 bits per heavy atom. The molecule has 0 radical (unpaired) electrons. The molecule has 2 aliphatic rings. The number of aliphatic hydroxyl groups excluding tert-OH is 1. The Labute approximate surface area is 137 Å². The van der Waals surface area contributed by atoms with E-state index in [0.29, 0.717) is 6.54 Å². The highest BCUT2D eigenvalue weighted by atomic mass is 32.1. The van der Waals surface area contributed by atoms with Gasteiger partial charge in [-0.2, -0.15) is 0 Å². The molecule has 2 saturated heterocycles. The number of hydrogen-bond acceptors (Lipinski definition) is 5. The van der Waals surface area contributed by atoms with Gasteiger partial charge in [-0.05, 0) is 11.4 Å². The van der Waals surface area contributed by atoms with Crippen molar-refractivity contribution in [3.8, 4) is 0 Å². The first-order valence-corrected chi connectivity index (χ1v) is 8.52. The maximum absolute atomic E-state index is 13.2. The molecule has 8 heteroatoms. The average molecular weight is 346 g/mol. The fourth-order valence-electron chi connectivity index (χ4n) is 3.02. The van der Waals surface area contributed by atoms with Crippen LogP contribution in [0.15, 0.2) is 17.5 Å². The highest BCUT2D eigenvalue weighted by Crippen LogP contribution is 2.28. The Morgan fingerprint density at radius 3 is 3.04 bits per heavy atom. The summed E-state index contributed by atoms with van der Waals surface area (Å²) in [4.78, 5) is 14.5. The maximum atomic E-state index is 13.2. The lowest BCUT2D eigenvalue weighted by Crippen LogP contribution is -2.47. The lowest BCUT2D eigenvalue weighted by Gasteiger charge is -2.23. The van der Waals surface area contributed by atoms with E-state index >= 15 is 0 Å². The molecule has 3 unspecified atom stereocenters. The van der Waals surface area contributed by atoms with Gasteiger partial charge in [-0.3, -0.25) is 9.69 Å². The van der Waals surface area contributed by atoms with Crippen LogP contribution in [0.2, 0.25) is 0 Å². The smallest absolute Gasteiger partial charge is 0.261 e. The zero-order valence-electron chi connectivity index (χ0n) is 12.6. The molecule has 1 aromatic rings. The summed E-state index contributed by atoms with van der Waals surface area (Å²) in [7, 11) is 0. The van der Waals surface area contributed by atoms with Crippen LogP contribution in [0.1, 0.15) is 11.3 Å². The Morgan fingerprint density at radius 2 is 2.39 bits per heavy atom. The van der Waals surface area contributed by atoms with Crippen molar-refractivity contribution in [2.45, 2.75) is 37.0 Å². The van der Waals surface area contributed by atoms with Crippen LogP contribution in [0.4, 0.5) is 8.78 Å². The summed E-state index contributed by atoms with van der Waals surface area (Å²) in [5.41, 5.74) is 0. The van der Waals surface area contributed by atoms with Gasteiger partial charge in [-0.15, -0.1) is 11.3 Å². The molecule has 5 nitrogen and oxygen atoms in total. The second-order valence-corrected chi connectivity index (χ2v) is 7.17. The van der Waals surface area contributed by atoms with Crippen molar-refractivity contribution in [3.05, 3.63) is 22.4 Å². The first-order chi connectivity index (χ1) is 10.9. The summed E-state index contributed by atoms with van der Waals surface area (Å²) in [6.45, 7) is 0.463. The number of amides is 1. The number of thiophene rings is 1. The van der Waals surface area contributed by atoms with Crippen LogP contribution in [0, 0.1) is 0 Å². The van der Waals surface area contributed by atoms with Gasteiger partial charge in [0.15, 0.2) is 0 Å². The van der Waals surface area contributed by atoms with E-state index < -0.39 is 24.2 Å². The van der Waals surface area contributed by atoms with Gasteiger partial charge in [0.2, 0.25) is 5.91 Å². The molecule has 3 rings (SSSR count). The topological polar surface area (TPSA) is 61.8 Å². The number of nitrogens with zero attached hydrogens (tertiary/aromatic N) is 1. The number of halogens is 2. The van der Waals surface area contributed by atoms with E-state index in [1.807, 2.05) is 17.5 Å². The van der Waals surface area contributed by atoms with Crippen LogP contribution < -0.4 is 5.32 Å². The molecule has 3 heterocycles. The lowest BCUT2D eigenvalue weighted by molar-refractivity contribution is -0.121. The number of ether oxygens (including phenoxy) is 1. The van der Waals surface area contributed by atoms with E-state index in [0.717, 1.165) is 4.88 Å². The van der Waals surface area contributed by atoms with Crippen molar-refractivity contribution in [3.63, 3.8) is 0 Å². The van der Waals surface area contributed by atoms with Crippen LogP contribution in [-0.2, 0) is 16.0 Å². The summed E-state index contributed by atoms with van der Waals surface area (Å²) in [5, 5.41) is 14.9. The third kappa shape index (κ3) is 4.26. The van der Waals surface area contributed by atoms with Gasteiger partial charge < -0.3 is 15.2 Å². The molecule has 0 aliphatic carbocycles. The fraction of sp³-hybridized carbons (Fsp3) is 0.667. The summed E-state index contributed by atoms with van der Waals surface area (Å²) in [6.07, 6.45) is -1.31. The van der Waals surface area contributed by atoms with Crippen molar-refractivity contribution in [1.29, 1.82) is 0 Å². The Balaban J connectivity index is 1.47. The quantitative estimate of drug-likeness (QED) is 0.831. The molecule has 3 atom stereocenters. The standard InChI is InChI=1S/C15H20F2N2O3S/c16-15(17)3-4-19(9-15)7-12-14(21)11(8-22-12)18-13(20)6-10-2-1-5-23-10/h1-2,5,11-12,14,21H,3-4,6-9H2,(H,18,20). The molecule has 0 spiro atoms. The number of carbonyl (C=O) groups is 1. The fourth-order valence-corrected chi connectivity index (χ4v) is 3.72. The van der Waals surface area contributed by atoms with Gasteiger partial charge in [0, 0.05) is 24.4 Å². The maximum Gasteiger partial charge on any atom is 0.261 e. The van der Waals surface area contributed by atoms with Crippen molar-refractivity contribution in [2.75, 3.05) is 26.2 Å². The van der Waals surface area contributed by atoms with Gasteiger partial charge >= 0.3 is 0 Å². The number of rotatable bonds is 5. The van der Waals surface area contributed by atoms with Gasteiger partial charge in [0.05, 0.1) is 31.7 Å². The normalized spacial score (nSPS) is 30.7. The Hall–Kier alpha value is -1.09. The molecule has 0 bridgehead atoms. The van der Waals surface area contributed by atoms with Crippen LogP contribution in [0.3, 0.4) is 0 Å². The summed E-state index contributed by atoms with van der Waals surface area (Å²) in [6, 6.07) is 3.26. The number of aliphatic hydroxyl groups is 1. The first-order valence-electron chi connectivity index (χ1n) is 7.64. The molecule has 128 valence electrons. The minimum Gasteiger partial charge on any atom is -0.388 e. The predicted octanol–water partition coefficient (Wildman–Crippen LogP) is 0.876. The Kier molecular flexibility index (Phi) is 4.96. The second kappa shape index (κ2) is 6.80. The van der Waals surface area contributed by atoms with E-state index in [4.69, 9.17) is 4.74 Å². The van der Waals surface area contributed by atoms with Crippen molar-refractivity contribution in [2.24, 2.45) is 0 Å². The van der Waals surface area contributed by atoms with Gasteiger partial charge in [-0.25, -0.2) is 8.78 Å². The first kappa shape index (κ1) is 16.8. The Bertz CT molecular complexity index is 541. The molecule has 1 amide bonds. The number of carbonyl (C=O) groups excluding carboxylic acids is 1. The minimum atomic E-state index is -2.65. The largest absolute Gasteiger partial charge is 0.388 e. The van der Waals surface area contributed by atoms with Crippen LogP contribution in [-0.4, -0.2) is 66.3 Å². The van der Waals surface area contributed by atoms with Crippen molar-refractivity contribution < 1.29 is 23.4 Å². The van der Waals surface area contributed by atoms with Crippen molar-refractivity contribution >= 4 is 17.2 Å². The minimum absolute atomic E-state index is 0.156. The SMILES string of the molecule is O=C(Cc1cccs1)NC1COC(CN2CCC(F)(F)C2)C1O. The number of nitrogens with one attached hydrogen (secondary N) is 1. The molecule has 0 aromatic carbocycles. The lowest BCUT2D eigenvalue weighted by atomic mass is 10.1. The molecule has 0 saturated carbocycles. The van der Waals surface area contributed by atoms with E-state index in [-0.39, 0.29) is 38.4 Å². The van der Waals surface area contributed by atoms with Crippen molar-refractivity contribution in [1.82, 2.24) is 10.2 Å². The van der Waals surface area contributed by atoms with E-state index in [1.165, 1.54) is 11.3 Å². The summed E-state index contributed by atoms with van der Waals surface area (Å²) >= 11 is 1.50. The van der Waals surface area contributed by atoms with Crippen LogP contribution in [0.25, 0.3) is 0 Å². The molecule has 23 heavy (non-hydrogen) atoms. The third-order valence-corrected chi connectivity index (χ3v) is 5.11. The van der Waals surface area contributed by atoms with Gasteiger partial charge in [-0.1, -0.05) is 6.07 Å². The third-order valence-electron chi connectivity index (χ3n) is 4.23. The molecule has 2 N–H and O–H groups in total. The van der Waals surface area contributed by atoms with Crippen LogP contribution in [0.5, 0.6) is 0 Å². The number of alkyl halides is 2. The van der Waals surface area contributed by atoms with E-state index in [1.54, 1.807) is 4.90 Å².